The van der Waals surface area contributed by atoms with Gasteiger partial charge in [-0.05, 0) is 17.6 Å². The molecular formula is C16H13N3O4S. The van der Waals surface area contributed by atoms with Gasteiger partial charge in [-0.1, -0.05) is 30.3 Å². The van der Waals surface area contributed by atoms with Crippen LogP contribution in [0.25, 0.3) is 22.0 Å². The first-order valence-corrected chi connectivity index (χ1v) is 7.71. The van der Waals surface area contributed by atoms with Gasteiger partial charge in [-0.25, -0.2) is 4.98 Å². The molecule has 1 heterocycles. The van der Waals surface area contributed by atoms with Gasteiger partial charge in [0.2, 0.25) is 5.75 Å². The van der Waals surface area contributed by atoms with Crippen molar-refractivity contribution in [1.29, 1.82) is 0 Å². The Balaban J connectivity index is 2.08. The van der Waals surface area contributed by atoms with Gasteiger partial charge in [0.15, 0.2) is 11.6 Å². The normalized spacial score (nSPS) is 10.4. The summed E-state index contributed by atoms with van der Waals surface area (Å²) in [4.78, 5) is 15.3. The van der Waals surface area contributed by atoms with Gasteiger partial charge in [-0.15, -0.1) is 0 Å². The van der Waals surface area contributed by atoms with Gasteiger partial charge in [0, 0.05) is 17.2 Å². The van der Waals surface area contributed by atoms with Crippen LogP contribution in [0.2, 0.25) is 0 Å². The largest absolute Gasteiger partial charge is 0.493 e. The van der Waals surface area contributed by atoms with E-state index in [2.05, 4.69) is 9.36 Å². The van der Waals surface area contributed by atoms with E-state index in [1.165, 1.54) is 31.8 Å². The van der Waals surface area contributed by atoms with Crippen molar-refractivity contribution in [1.82, 2.24) is 9.36 Å². The van der Waals surface area contributed by atoms with Crippen molar-refractivity contribution < 1.29 is 14.4 Å². The molecule has 0 N–H and O–H groups in total. The Labute approximate surface area is 141 Å². The van der Waals surface area contributed by atoms with Crippen LogP contribution in [-0.2, 0) is 0 Å². The SMILES string of the molecule is COc1cc(-c2nc(-c3ccccc3)ns2)cc([N+](=O)[O-])c1OC. The molecule has 0 saturated heterocycles. The highest BCUT2D eigenvalue weighted by atomic mass is 32.1. The lowest BCUT2D eigenvalue weighted by Gasteiger charge is -2.09. The van der Waals surface area contributed by atoms with Gasteiger partial charge >= 0.3 is 5.69 Å². The second-order valence-electron chi connectivity index (χ2n) is 4.78. The summed E-state index contributed by atoms with van der Waals surface area (Å²) in [7, 11) is 2.80. The third-order valence-electron chi connectivity index (χ3n) is 3.36. The third kappa shape index (κ3) is 2.91. The summed E-state index contributed by atoms with van der Waals surface area (Å²) >= 11 is 1.17. The number of ether oxygens (including phenoxy) is 2. The second kappa shape index (κ2) is 6.63. The van der Waals surface area contributed by atoms with Crippen LogP contribution in [0.3, 0.4) is 0 Å². The average molecular weight is 343 g/mol. The number of hydrogen-bond donors (Lipinski definition) is 0. The molecular weight excluding hydrogens is 330 g/mol. The van der Waals surface area contributed by atoms with Crippen LogP contribution in [0, 0.1) is 10.1 Å². The topological polar surface area (TPSA) is 87.4 Å². The van der Waals surface area contributed by atoms with Crippen LogP contribution >= 0.6 is 11.5 Å². The summed E-state index contributed by atoms with van der Waals surface area (Å²) in [5.74, 6) is 0.935. The lowest BCUT2D eigenvalue weighted by molar-refractivity contribution is -0.385. The molecule has 0 unspecified atom stereocenters. The number of aromatic nitrogens is 2. The number of benzene rings is 2. The van der Waals surface area contributed by atoms with Gasteiger partial charge in [-0.3, -0.25) is 10.1 Å². The van der Waals surface area contributed by atoms with Crippen molar-refractivity contribution in [2.75, 3.05) is 14.2 Å². The van der Waals surface area contributed by atoms with E-state index >= 15 is 0 Å². The van der Waals surface area contributed by atoms with Gasteiger partial charge in [0.25, 0.3) is 0 Å². The number of rotatable bonds is 5. The minimum atomic E-state index is -0.510. The number of methoxy groups -OCH3 is 2. The summed E-state index contributed by atoms with van der Waals surface area (Å²) < 4.78 is 14.6. The first kappa shape index (κ1) is 15.9. The molecule has 7 nitrogen and oxygen atoms in total. The molecule has 0 aliphatic heterocycles. The first-order valence-electron chi connectivity index (χ1n) is 6.94. The zero-order valence-corrected chi connectivity index (χ0v) is 13.7. The summed E-state index contributed by atoms with van der Waals surface area (Å²) in [5, 5.41) is 11.9. The molecule has 0 aliphatic carbocycles. The summed E-state index contributed by atoms with van der Waals surface area (Å²) in [6.45, 7) is 0. The van der Waals surface area contributed by atoms with Gasteiger partial charge in [0.05, 0.1) is 19.1 Å². The molecule has 0 atom stereocenters. The lowest BCUT2D eigenvalue weighted by Crippen LogP contribution is -1.97. The lowest BCUT2D eigenvalue weighted by atomic mass is 10.1. The number of nitro benzene ring substituents is 1. The maximum absolute atomic E-state index is 11.3. The smallest absolute Gasteiger partial charge is 0.315 e. The molecule has 0 spiro atoms. The standard InChI is InChI=1S/C16H13N3O4S/c1-22-13-9-11(8-12(19(20)21)14(13)23-2)16-17-15(18-24-16)10-6-4-3-5-7-10/h3-9H,1-2H3. The molecule has 1 aromatic heterocycles. The molecule has 0 saturated carbocycles. The van der Waals surface area contributed by atoms with E-state index in [4.69, 9.17) is 9.47 Å². The van der Waals surface area contributed by atoms with E-state index in [1.807, 2.05) is 30.3 Å². The Morgan fingerprint density at radius 2 is 1.83 bits per heavy atom. The molecule has 0 radical (unpaired) electrons. The monoisotopic (exact) mass is 343 g/mol. The summed E-state index contributed by atoms with van der Waals surface area (Å²) in [6, 6.07) is 12.6. The van der Waals surface area contributed by atoms with Crippen LogP contribution < -0.4 is 9.47 Å². The van der Waals surface area contributed by atoms with E-state index < -0.39 is 4.92 Å². The molecule has 0 aliphatic rings. The Morgan fingerprint density at radius 3 is 2.46 bits per heavy atom. The van der Waals surface area contributed by atoms with Crippen molar-refractivity contribution in [2.45, 2.75) is 0 Å². The number of nitro groups is 1. The maximum atomic E-state index is 11.3. The Hall–Kier alpha value is -3.00. The van der Waals surface area contributed by atoms with Gasteiger partial charge in [-0.2, -0.15) is 4.37 Å². The molecule has 8 heteroatoms. The maximum Gasteiger partial charge on any atom is 0.315 e. The second-order valence-corrected chi connectivity index (χ2v) is 5.53. The van der Waals surface area contributed by atoms with E-state index in [1.54, 1.807) is 6.07 Å². The minimum absolute atomic E-state index is 0.0825. The van der Waals surface area contributed by atoms with Crippen molar-refractivity contribution >= 4 is 17.2 Å². The molecule has 3 aromatic rings. The van der Waals surface area contributed by atoms with Gasteiger partial charge < -0.3 is 9.47 Å². The van der Waals surface area contributed by atoms with Crippen molar-refractivity contribution in [3.05, 3.63) is 52.6 Å². The summed E-state index contributed by atoms with van der Waals surface area (Å²) in [5.41, 5.74) is 1.26. The zero-order valence-electron chi connectivity index (χ0n) is 12.9. The zero-order chi connectivity index (χ0) is 17.1. The first-order chi connectivity index (χ1) is 11.6. The Morgan fingerprint density at radius 1 is 1.08 bits per heavy atom. The highest BCUT2D eigenvalue weighted by Crippen LogP contribution is 2.41. The molecule has 0 bridgehead atoms. The highest BCUT2D eigenvalue weighted by molar-refractivity contribution is 7.09. The average Bonchev–Trinajstić information content (AvgIpc) is 3.11. The van der Waals surface area contributed by atoms with Crippen LogP contribution in [0.1, 0.15) is 0 Å². The molecule has 24 heavy (non-hydrogen) atoms. The molecule has 2 aromatic carbocycles. The van der Waals surface area contributed by atoms with E-state index in [0.29, 0.717) is 16.4 Å². The van der Waals surface area contributed by atoms with Crippen LogP contribution in [0.5, 0.6) is 11.5 Å². The van der Waals surface area contributed by atoms with E-state index in [-0.39, 0.29) is 17.2 Å². The van der Waals surface area contributed by atoms with Crippen LogP contribution in [0.4, 0.5) is 5.69 Å². The Kier molecular flexibility index (Phi) is 4.39. The summed E-state index contributed by atoms with van der Waals surface area (Å²) in [6.07, 6.45) is 0. The van der Waals surface area contributed by atoms with E-state index in [0.717, 1.165) is 5.56 Å². The minimum Gasteiger partial charge on any atom is -0.493 e. The molecule has 0 fully saturated rings. The predicted octanol–water partition coefficient (Wildman–Crippen LogP) is 3.80. The predicted molar refractivity (Wildman–Crippen MR) is 90.5 cm³/mol. The molecule has 122 valence electrons. The van der Waals surface area contributed by atoms with Crippen molar-refractivity contribution in [2.24, 2.45) is 0 Å². The fourth-order valence-electron chi connectivity index (χ4n) is 2.25. The third-order valence-corrected chi connectivity index (χ3v) is 4.13. The molecule has 3 rings (SSSR count). The van der Waals surface area contributed by atoms with Crippen molar-refractivity contribution in [3.63, 3.8) is 0 Å². The van der Waals surface area contributed by atoms with Crippen LogP contribution in [-0.4, -0.2) is 28.5 Å². The van der Waals surface area contributed by atoms with E-state index in [9.17, 15) is 10.1 Å². The van der Waals surface area contributed by atoms with Crippen LogP contribution in [0.15, 0.2) is 42.5 Å². The fourth-order valence-corrected chi connectivity index (χ4v) is 2.92. The molecule has 0 amide bonds. The van der Waals surface area contributed by atoms with Gasteiger partial charge in [0.1, 0.15) is 5.01 Å². The fraction of sp³-hybridized carbons (Fsp3) is 0.125. The quantitative estimate of drug-likeness (QED) is 0.517. The number of hydrogen-bond acceptors (Lipinski definition) is 7. The number of nitrogens with zero attached hydrogens (tertiary/aromatic N) is 3. The Bertz CT molecular complexity index is 880. The van der Waals surface area contributed by atoms with Crippen molar-refractivity contribution in [3.8, 4) is 33.5 Å². The highest BCUT2D eigenvalue weighted by Gasteiger charge is 2.23.